The van der Waals surface area contributed by atoms with Gasteiger partial charge in [0.25, 0.3) is 5.91 Å². The van der Waals surface area contributed by atoms with Crippen molar-refractivity contribution in [1.82, 2.24) is 15.3 Å². The maximum absolute atomic E-state index is 12.1. The molecule has 0 radical (unpaired) electrons. The Labute approximate surface area is 128 Å². The largest absolute Gasteiger partial charge is 0.383 e. The van der Waals surface area contributed by atoms with Gasteiger partial charge in [0.1, 0.15) is 5.65 Å². The van der Waals surface area contributed by atoms with Crippen molar-refractivity contribution in [3.05, 3.63) is 24.0 Å². The van der Waals surface area contributed by atoms with E-state index in [0.29, 0.717) is 41.9 Å². The van der Waals surface area contributed by atoms with Gasteiger partial charge in [-0.3, -0.25) is 9.59 Å². The van der Waals surface area contributed by atoms with Crippen molar-refractivity contribution >= 4 is 28.5 Å². The first-order chi connectivity index (χ1) is 10.7. The molecule has 2 rings (SSSR count). The van der Waals surface area contributed by atoms with Gasteiger partial charge in [-0.2, -0.15) is 0 Å². The molecule has 7 heteroatoms. The van der Waals surface area contributed by atoms with E-state index in [9.17, 15) is 9.59 Å². The predicted molar refractivity (Wildman–Crippen MR) is 83.8 cm³/mol. The third kappa shape index (κ3) is 3.82. The van der Waals surface area contributed by atoms with Crippen LogP contribution in [0.15, 0.2) is 18.5 Å². The topological polar surface area (TPSA) is 96.1 Å². The van der Waals surface area contributed by atoms with E-state index < -0.39 is 0 Å². The lowest BCUT2D eigenvalue weighted by Gasteiger charge is -2.05. The Bertz CT molecular complexity index is 666. The van der Waals surface area contributed by atoms with Gasteiger partial charge in [0, 0.05) is 31.7 Å². The van der Waals surface area contributed by atoms with Gasteiger partial charge >= 0.3 is 0 Å². The van der Waals surface area contributed by atoms with Gasteiger partial charge in [-0.1, -0.05) is 6.92 Å². The molecule has 3 N–H and O–H groups in total. The van der Waals surface area contributed by atoms with E-state index in [0.717, 1.165) is 6.42 Å². The monoisotopic (exact) mass is 304 g/mol. The minimum absolute atomic E-state index is 0.0646. The molecule has 0 saturated carbocycles. The number of amides is 2. The number of rotatable bonds is 7. The zero-order valence-electron chi connectivity index (χ0n) is 12.7. The Morgan fingerprint density at radius 3 is 2.95 bits per heavy atom. The highest BCUT2D eigenvalue weighted by Crippen LogP contribution is 2.20. The van der Waals surface area contributed by atoms with Gasteiger partial charge in [0.2, 0.25) is 5.91 Å². The Hall–Kier alpha value is -2.41. The second-order valence-corrected chi connectivity index (χ2v) is 4.87. The zero-order valence-corrected chi connectivity index (χ0v) is 12.7. The average Bonchev–Trinajstić information content (AvgIpc) is 2.91. The van der Waals surface area contributed by atoms with Crippen LogP contribution in [-0.2, 0) is 9.53 Å². The van der Waals surface area contributed by atoms with Crippen LogP contribution in [0.4, 0.5) is 5.69 Å². The second-order valence-electron chi connectivity index (χ2n) is 4.87. The van der Waals surface area contributed by atoms with Crippen LogP contribution in [0.5, 0.6) is 0 Å². The Morgan fingerprint density at radius 2 is 2.23 bits per heavy atom. The summed E-state index contributed by atoms with van der Waals surface area (Å²) in [6, 6.07) is 1.75. The van der Waals surface area contributed by atoms with Crippen molar-refractivity contribution < 1.29 is 14.3 Å². The van der Waals surface area contributed by atoms with E-state index in [2.05, 4.69) is 20.6 Å². The number of hydrogen-bond donors (Lipinski definition) is 3. The number of H-pyrrole nitrogens is 1. The van der Waals surface area contributed by atoms with Crippen LogP contribution < -0.4 is 10.6 Å². The first-order valence-corrected chi connectivity index (χ1v) is 7.19. The van der Waals surface area contributed by atoms with E-state index in [1.807, 2.05) is 6.92 Å². The minimum Gasteiger partial charge on any atom is -0.383 e. The maximum atomic E-state index is 12.1. The van der Waals surface area contributed by atoms with Crippen molar-refractivity contribution in [3.8, 4) is 0 Å². The summed E-state index contributed by atoms with van der Waals surface area (Å²) in [5.41, 5.74) is 1.67. The van der Waals surface area contributed by atoms with E-state index in [1.165, 1.54) is 0 Å². The van der Waals surface area contributed by atoms with Gasteiger partial charge in [0.05, 0.1) is 24.1 Å². The Balaban J connectivity index is 2.18. The highest BCUT2D eigenvalue weighted by molar-refractivity contribution is 6.07. The average molecular weight is 304 g/mol. The summed E-state index contributed by atoms with van der Waals surface area (Å²) in [7, 11) is 1.58. The molecular formula is C15H20N4O3. The number of aromatic nitrogens is 2. The van der Waals surface area contributed by atoms with Crippen molar-refractivity contribution in [2.75, 3.05) is 25.6 Å². The molecule has 0 aromatic carbocycles. The van der Waals surface area contributed by atoms with Gasteiger partial charge in [0.15, 0.2) is 0 Å². The number of pyridine rings is 1. The fraction of sp³-hybridized carbons (Fsp3) is 0.400. The van der Waals surface area contributed by atoms with Crippen LogP contribution >= 0.6 is 0 Å². The lowest BCUT2D eigenvalue weighted by molar-refractivity contribution is -0.116. The summed E-state index contributed by atoms with van der Waals surface area (Å²) in [6.07, 6.45) is 4.41. The SMILES string of the molecule is CCCC(=O)Nc1cnc2[nH]cc(C(=O)NCCOC)c2c1. The highest BCUT2D eigenvalue weighted by atomic mass is 16.5. The maximum Gasteiger partial charge on any atom is 0.253 e. The number of nitrogens with one attached hydrogen (secondary N) is 3. The third-order valence-corrected chi connectivity index (χ3v) is 3.13. The van der Waals surface area contributed by atoms with Crippen molar-refractivity contribution in [2.24, 2.45) is 0 Å². The van der Waals surface area contributed by atoms with Crippen molar-refractivity contribution in [2.45, 2.75) is 19.8 Å². The number of anilines is 1. The summed E-state index contributed by atoms with van der Waals surface area (Å²) in [6.45, 7) is 2.82. The molecule has 0 bridgehead atoms. The molecule has 118 valence electrons. The third-order valence-electron chi connectivity index (χ3n) is 3.13. The molecule has 2 aromatic heterocycles. The number of carbonyl (C=O) groups is 2. The highest BCUT2D eigenvalue weighted by Gasteiger charge is 2.13. The number of carbonyl (C=O) groups excluding carboxylic acids is 2. The summed E-state index contributed by atoms with van der Waals surface area (Å²) in [4.78, 5) is 30.9. The molecule has 0 unspecified atom stereocenters. The van der Waals surface area contributed by atoms with Crippen LogP contribution in [0.2, 0.25) is 0 Å². The molecule has 0 spiro atoms. The zero-order chi connectivity index (χ0) is 15.9. The lowest BCUT2D eigenvalue weighted by atomic mass is 10.2. The van der Waals surface area contributed by atoms with Gasteiger partial charge in [-0.15, -0.1) is 0 Å². The predicted octanol–water partition coefficient (Wildman–Crippen LogP) is 1.68. The van der Waals surface area contributed by atoms with Crippen LogP contribution in [0, 0.1) is 0 Å². The number of ether oxygens (including phenoxy) is 1. The molecule has 0 aliphatic heterocycles. The smallest absolute Gasteiger partial charge is 0.253 e. The van der Waals surface area contributed by atoms with E-state index >= 15 is 0 Å². The number of nitrogens with zero attached hydrogens (tertiary/aromatic N) is 1. The summed E-state index contributed by atoms with van der Waals surface area (Å²) in [5, 5.41) is 6.21. The number of methoxy groups -OCH3 is 1. The molecule has 2 aromatic rings. The molecule has 0 fully saturated rings. The molecule has 22 heavy (non-hydrogen) atoms. The quantitative estimate of drug-likeness (QED) is 0.678. The number of fused-ring (bicyclic) bond motifs is 1. The van der Waals surface area contributed by atoms with Gasteiger partial charge in [-0.25, -0.2) is 4.98 Å². The Kier molecular flexibility index (Phi) is 5.48. The molecular weight excluding hydrogens is 284 g/mol. The molecule has 0 aliphatic rings. The summed E-state index contributed by atoms with van der Waals surface area (Å²) >= 11 is 0. The van der Waals surface area contributed by atoms with Crippen molar-refractivity contribution in [3.63, 3.8) is 0 Å². The summed E-state index contributed by atoms with van der Waals surface area (Å²) in [5.74, 6) is -0.271. The van der Waals surface area contributed by atoms with Crippen LogP contribution in [0.25, 0.3) is 11.0 Å². The first kappa shape index (κ1) is 16.0. The number of hydrogen-bond acceptors (Lipinski definition) is 4. The van der Waals surface area contributed by atoms with Crippen LogP contribution in [-0.4, -0.2) is 42.0 Å². The molecule has 0 aliphatic carbocycles. The molecule has 2 amide bonds. The van der Waals surface area contributed by atoms with E-state index in [4.69, 9.17) is 4.74 Å². The van der Waals surface area contributed by atoms with E-state index in [1.54, 1.807) is 25.6 Å². The minimum atomic E-state index is -0.206. The number of aromatic amines is 1. The normalized spacial score (nSPS) is 10.6. The fourth-order valence-electron chi connectivity index (χ4n) is 2.07. The van der Waals surface area contributed by atoms with Crippen molar-refractivity contribution in [1.29, 1.82) is 0 Å². The van der Waals surface area contributed by atoms with Crippen LogP contribution in [0.3, 0.4) is 0 Å². The van der Waals surface area contributed by atoms with Gasteiger partial charge in [-0.05, 0) is 12.5 Å². The molecule has 0 saturated heterocycles. The molecule has 0 atom stereocenters. The standard InChI is InChI=1S/C15H20N4O3/c1-3-4-13(20)19-10-7-11-12(9-18-14(11)17-8-10)15(21)16-5-6-22-2/h7-9H,3-6H2,1-2H3,(H,16,21)(H,17,18)(H,19,20). The molecule has 7 nitrogen and oxygen atoms in total. The second kappa shape index (κ2) is 7.56. The fourth-order valence-corrected chi connectivity index (χ4v) is 2.07. The van der Waals surface area contributed by atoms with E-state index in [-0.39, 0.29) is 11.8 Å². The lowest BCUT2D eigenvalue weighted by Crippen LogP contribution is -2.26. The molecule has 2 heterocycles. The Morgan fingerprint density at radius 1 is 1.41 bits per heavy atom. The van der Waals surface area contributed by atoms with Crippen LogP contribution in [0.1, 0.15) is 30.1 Å². The first-order valence-electron chi connectivity index (χ1n) is 7.19. The summed E-state index contributed by atoms with van der Waals surface area (Å²) < 4.78 is 4.90. The van der Waals surface area contributed by atoms with Gasteiger partial charge < -0.3 is 20.4 Å².